The summed E-state index contributed by atoms with van der Waals surface area (Å²) in [5.74, 6) is 1.16. The van der Waals surface area contributed by atoms with Crippen LogP contribution in [0.4, 0.5) is 27.7 Å². The van der Waals surface area contributed by atoms with Crippen LogP contribution in [0.2, 0.25) is 0 Å². The summed E-state index contributed by atoms with van der Waals surface area (Å²) in [4.78, 5) is 16.8. The highest BCUT2D eigenvalue weighted by Crippen LogP contribution is 2.19. The number of hydrogen-bond acceptors (Lipinski definition) is 6. The molecule has 7 nitrogen and oxygen atoms in total. The van der Waals surface area contributed by atoms with Gasteiger partial charge in [0.1, 0.15) is 12.4 Å². The van der Waals surface area contributed by atoms with Gasteiger partial charge in [0.15, 0.2) is 5.82 Å². The molecule has 4 N–H and O–H groups in total. The van der Waals surface area contributed by atoms with Crippen LogP contribution in [0.25, 0.3) is 0 Å². The maximum atomic E-state index is 13.1. The van der Waals surface area contributed by atoms with E-state index in [2.05, 4.69) is 38.2 Å². The van der Waals surface area contributed by atoms with E-state index in [1.807, 2.05) is 31.2 Å². The second kappa shape index (κ2) is 8.62. The molecule has 0 saturated carbocycles. The summed E-state index contributed by atoms with van der Waals surface area (Å²) in [5, 5.41) is 3.26. The first-order valence-corrected chi connectivity index (χ1v) is 10.1. The molecule has 30 heavy (non-hydrogen) atoms. The summed E-state index contributed by atoms with van der Waals surface area (Å²) in [6.07, 6.45) is 0. The van der Waals surface area contributed by atoms with Gasteiger partial charge in [-0.3, -0.25) is 0 Å². The van der Waals surface area contributed by atoms with Crippen molar-refractivity contribution in [1.82, 2.24) is 15.0 Å². The number of anilines is 4. The van der Waals surface area contributed by atoms with Gasteiger partial charge in [0.25, 0.3) is 0 Å². The fraction of sp³-hybridized carbons (Fsp3) is 0.318. The molecule has 1 aromatic heterocycles. The summed E-state index contributed by atoms with van der Waals surface area (Å²) >= 11 is 0. The highest BCUT2D eigenvalue weighted by atomic mass is 19.1. The Labute approximate surface area is 175 Å². The largest absolute Gasteiger partial charge is 0.368 e. The maximum absolute atomic E-state index is 13.1. The monoisotopic (exact) mass is 408 g/mol. The molecule has 1 fully saturated rings. The molecule has 0 amide bonds. The molecule has 0 aliphatic carbocycles. The van der Waals surface area contributed by atoms with Crippen molar-refractivity contribution in [1.29, 1.82) is 0 Å². The smallest absolute Gasteiger partial charge is 0.232 e. The van der Waals surface area contributed by atoms with Crippen LogP contribution in [0.15, 0.2) is 42.5 Å². The molecule has 0 unspecified atom stereocenters. The number of benzene rings is 2. The van der Waals surface area contributed by atoms with Crippen LogP contribution in [-0.4, -0.2) is 41.1 Å². The standard InChI is InChI=1S/C22H26FN7/c1-15-3-8-19(16(2)13-15)25-22-27-20(26-21(24)28-22)14-29-9-11-30(12-10-29)18-6-4-17(23)5-7-18/h3-8,13H,9-12,14H2,1-2H3,(H3,24,25,26,27,28)/p+1. The number of aryl methyl sites for hydroxylation is 2. The number of rotatable bonds is 5. The van der Waals surface area contributed by atoms with Crippen LogP contribution >= 0.6 is 0 Å². The maximum Gasteiger partial charge on any atom is 0.232 e. The highest BCUT2D eigenvalue weighted by molar-refractivity contribution is 5.59. The SMILES string of the molecule is Cc1ccc(Nc2nc(N)nc(C[NH+]3CCN(c4ccc(F)cc4)CC3)n2)c(C)c1. The normalized spacial score (nSPS) is 14.7. The van der Waals surface area contributed by atoms with E-state index in [0.29, 0.717) is 18.3 Å². The van der Waals surface area contributed by atoms with Crippen molar-refractivity contribution in [3.63, 3.8) is 0 Å². The predicted octanol–water partition coefficient (Wildman–Crippen LogP) is 1.86. The fourth-order valence-corrected chi connectivity index (χ4v) is 3.78. The molecule has 0 radical (unpaired) electrons. The highest BCUT2D eigenvalue weighted by Gasteiger charge is 2.22. The lowest BCUT2D eigenvalue weighted by Crippen LogP contribution is -3.13. The predicted molar refractivity (Wildman–Crippen MR) is 116 cm³/mol. The molecule has 0 spiro atoms. The van der Waals surface area contributed by atoms with Gasteiger partial charge in [0, 0.05) is 11.4 Å². The van der Waals surface area contributed by atoms with Crippen LogP contribution in [-0.2, 0) is 6.54 Å². The van der Waals surface area contributed by atoms with E-state index in [4.69, 9.17) is 5.73 Å². The minimum Gasteiger partial charge on any atom is -0.368 e. The van der Waals surface area contributed by atoms with Crippen molar-refractivity contribution < 1.29 is 9.29 Å². The molecule has 8 heteroatoms. The molecular weight excluding hydrogens is 381 g/mol. The molecule has 0 atom stereocenters. The van der Waals surface area contributed by atoms with Gasteiger partial charge in [-0.05, 0) is 49.7 Å². The average molecular weight is 409 g/mol. The van der Waals surface area contributed by atoms with E-state index in [1.54, 1.807) is 0 Å². The first kappa shape index (κ1) is 20.0. The van der Waals surface area contributed by atoms with Crippen molar-refractivity contribution in [3.8, 4) is 0 Å². The van der Waals surface area contributed by atoms with E-state index in [-0.39, 0.29) is 11.8 Å². The third-order valence-corrected chi connectivity index (χ3v) is 5.40. The van der Waals surface area contributed by atoms with E-state index >= 15 is 0 Å². The molecule has 0 bridgehead atoms. The molecule has 2 heterocycles. The summed E-state index contributed by atoms with van der Waals surface area (Å²) in [6, 6.07) is 12.9. The average Bonchev–Trinajstić information content (AvgIpc) is 2.71. The number of quaternary nitrogens is 1. The van der Waals surface area contributed by atoms with Gasteiger partial charge in [-0.2, -0.15) is 15.0 Å². The van der Waals surface area contributed by atoms with Crippen LogP contribution in [0.3, 0.4) is 0 Å². The van der Waals surface area contributed by atoms with E-state index in [1.165, 1.54) is 22.6 Å². The lowest BCUT2D eigenvalue weighted by atomic mass is 10.1. The molecule has 1 aliphatic rings. The number of nitrogen functional groups attached to an aromatic ring is 1. The Balaban J connectivity index is 1.39. The van der Waals surface area contributed by atoms with E-state index in [0.717, 1.165) is 43.1 Å². The number of halogens is 1. The quantitative estimate of drug-likeness (QED) is 0.598. The van der Waals surface area contributed by atoms with Crippen molar-refractivity contribution >= 4 is 23.3 Å². The minimum absolute atomic E-state index is 0.208. The Morgan fingerprint density at radius 2 is 1.77 bits per heavy atom. The number of piperazine rings is 1. The van der Waals surface area contributed by atoms with Crippen LogP contribution in [0.1, 0.15) is 17.0 Å². The third-order valence-electron chi connectivity index (χ3n) is 5.40. The second-order valence-electron chi connectivity index (χ2n) is 7.77. The van der Waals surface area contributed by atoms with E-state index < -0.39 is 0 Å². The number of nitrogens with two attached hydrogens (primary N) is 1. The Kier molecular flexibility index (Phi) is 5.76. The van der Waals surface area contributed by atoms with Crippen LogP contribution in [0, 0.1) is 19.7 Å². The van der Waals surface area contributed by atoms with Crippen molar-refractivity contribution in [3.05, 3.63) is 65.2 Å². The molecule has 3 aromatic rings. The lowest BCUT2D eigenvalue weighted by Gasteiger charge is -2.33. The summed E-state index contributed by atoms with van der Waals surface area (Å²) < 4.78 is 13.1. The van der Waals surface area contributed by atoms with Gasteiger partial charge < -0.3 is 20.9 Å². The molecular formula is C22H27FN7+. The zero-order valence-corrected chi connectivity index (χ0v) is 17.3. The summed E-state index contributed by atoms with van der Waals surface area (Å²) in [6.45, 7) is 8.49. The lowest BCUT2D eigenvalue weighted by molar-refractivity contribution is -0.915. The first-order valence-electron chi connectivity index (χ1n) is 10.1. The third kappa shape index (κ3) is 4.83. The van der Waals surface area contributed by atoms with Gasteiger partial charge in [-0.25, -0.2) is 4.39 Å². The zero-order valence-electron chi connectivity index (χ0n) is 17.3. The number of nitrogens with one attached hydrogen (secondary N) is 2. The second-order valence-corrected chi connectivity index (χ2v) is 7.77. The Hall–Kier alpha value is -3.26. The van der Waals surface area contributed by atoms with Gasteiger partial charge in [0.2, 0.25) is 11.9 Å². The van der Waals surface area contributed by atoms with Crippen LogP contribution < -0.4 is 20.9 Å². The summed E-state index contributed by atoms with van der Waals surface area (Å²) in [5.41, 5.74) is 10.3. The van der Waals surface area contributed by atoms with Crippen LogP contribution in [0.5, 0.6) is 0 Å². The topological polar surface area (TPSA) is 84.4 Å². The number of aromatic nitrogens is 3. The number of hydrogen-bond donors (Lipinski definition) is 3. The van der Waals surface area contributed by atoms with Gasteiger partial charge >= 0.3 is 0 Å². The van der Waals surface area contributed by atoms with Crippen molar-refractivity contribution in [2.45, 2.75) is 20.4 Å². The molecule has 156 valence electrons. The molecule has 2 aromatic carbocycles. The van der Waals surface area contributed by atoms with Gasteiger partial charge in [0.05, 0.1) is 26.2 Å². The molecule has 4 rings (SSSR count). The summed E-state index contributed by atoms with van der Waals surface area (Å²) in [7, 11) is 0. The molecule has 1 aliphatic heterocycles. The molecule has 1 saturated heterocycles. The zero-order chi connectivity index (χ0) is 21.1. The van der Waals surface area contributed by atoms with Gasteiger partial charge in [-0.15, -0.1) is 0 Å². The van der Waals surface area contributed by atoms with Crippen molar-refractivity contribution in [2.24, 2.45) is 0 Å². The number of nitrogens with zero attached hydrogens (tertiary/aromatic N) is 4. The van der Waals surface area contributed by atoms with E-state index in [9.17, 15) is 4.39 Å². The Bertz CT molecular complexity index is 1010. The minimum atomic E-state index is -0.208. The van der Waals surface area contributed by atoms with Gasteiger partial charge in [-0.1, -0.05) is 17.7 Å². The first-order chi connectivity index (χ1) is 14.5. The Morgan fingerprint density at radius 1 is 1.03 bits per heavy atom. The Morgan fingerprint density at radius 3 is 2.47 bits per heavy atom. The fourth-order valence-electron chi connectivity index (χ4n) is 3.78. The van der Waals surface area contributed by atoms with Crippen molar-refractivity contribution in [2.75, 3.05) is 42.1 Å².